The van der Waals surface area contributed by atoms with Crippen LogP contribution in [0.25, 0.3) is 10.8 Å². The molecule has 0 aliphatic carbocycles. The number of hydrogen-bond acceptors (Lipinski definition) is 6. The number of hydrogen-bond donors (Lipinski definition) is 1. The van der Waals surface area contributed by atoms with E-state index in [0.717, 1.165) is 10.8 Å². The number of carbonyl (C=O) groups is 2. The van der Waals surface area contributed by atoms with Crippen molar-refractivity contribution in [2.24, 2.45) is 5.10 Å². The van der Waals surface area contributed by atoms with Gasteiger partial charge in [-0.25, -0.2) is 10.2 Å². The van der Waals surface area contributed by atoms with Crippen LogP contribution in [0.2, 0.25) is 10.0 Å². The highest BCUT2D eigenvalue weighted by molar-refractivity contribution is 6.36. The van der Waals surface area contributed by atoms with E-state index in [0.29, 0.717) is 28.7 Å². The maximum atomic E-state index is 12.6. The van der Waals surface area contributed by atoms with Gasteiger partial charge in [0.25, 0.3) is 5.91 Å². The largest absolute Gasteiger partial charge is 0.490 e. The Labute approximate surface area is 223 Å². The van der Waals surface area contributed by atoms with Gasteiger partial charge in [0.1, 0.15) is 5.75 Å². The van der Waals surface area contributed by atoms with Gasteiger partial charge in [0.05, 0.1) is 23.4 Å². The van der Waals surface area contributed by atoms with Crippen molar-refractivity contribution in [1.29, 1.82) is 0 Å². The van der Waals surface area contributed by atoms with Crippen LogP contribution < -0.4 is 19.6 Å². The normalized spacial score (nSPS) is 10.9. The summed E-state index contributed by atoms with van der Waals surface area (Å²) in [6.07, 6.45) is 1.44. The van der Waals surface area contributed by atoms with Gasteiger partial charge in [-0.2, -0.15) is 5.10 Å². The molecule has 0 radical (unpaired) electrons. The monoisotopic (exact) mass is 536 g/mol. The third-order valence-electron chi connectivity index (χ3n) is 5.13. The van der Waals surface area contributed by atoms with Crippen molar-refractivity contribution in [3.05, 3.63) is 100 Å². The number of hydrazone groups is 1. The summed E-state index contributed by atoms with van der Waals surface area (Å²) in [5, 5.41) is 6.51. The van der Waals surface area contributed by atoms with Crippen LogP contribution in [0.15, 0.2) is 84.0 Å². The summed E-state index contributed by atoms with van der Waals surface area (Å²) in [6.45, 7) is 1.95. The predicted octanol–water partition coefficient (Wildman–Crippen LogP) is 6.29. The van der Waals surface area contributed by atoms with Crippen molar-refractivity contribution < 1.29 is 23.8 Å². The molecule has 0 aliphatic rings. The summed E-state index contributed by atoms with van der Waals surface area (Å²) in [6, 6.07) is 22.8. The first-order valence-electron chi connectivity index (χ1n) is 11.3. The molecule has 7 nitrogen and oxygen atoms in total. The molecular formula is C28H22Cl2N2O5. The lowest BCUT2D eigenvalue weighted by atomic mass is 10.1. The number of nitrogens with zero attached hydrogens (tertiary/aromatic N) is 1. The summed E-state index contributed by atoms with van der Waals surface area (Å²) >= 11 is 12.0. The molecule has 0 unspecified atom stereocenters. The van der Waals surface area contributed by atoms with Gasteiger partial charge in [0.15, 0.2) is 18.1 Å². The topological polar surface area (TPSA) is 86.2 Å². The number of benzene rings is 4. The van der Waals surface area contributed by atoms with E-state index in [1.165, 1.54) is 18.3 Å². The Bertz CT molecular complexity index is 1470. The minimum absolute atomic E-state index is 0.174. The molecule has 0 saturated carbocycles. The highest BCUT2D eigenvalue weighted by atomic mass is 35.5. The van der Waals surface area contributed by atoms with Crippen LogP contribution >= 0.6 is 23.2 Å². The van der Waals surface area contributed by atoms with Crippen LogP contribution in [0.5, 0.6) is 17.2 Å². The van der Waals surface area contributed by atoms with Crippen molar-refractivity contribution >= 4 is 52.1 Å². The Morgan fingerprint density at radius 1 is 0.892 bits per heavy atom. The Morgan fingerprint density at radius 3 is 2.51 bits per heavy atom. The maximum Gasteiger partial charge on any atom is 0.345 e. The zero-order valence-corrected chi connectivity index (χ0v) is 21.3. The molecule has 0 aromatic heterocycles. The average Bonchev–Trinajstić information content (AvgIpc) is 2.89. The highest BCUT2D eigenvalue weighted by Crippen LogP contribution is 2.30. The van der Waals surface area contributed by atoms with E-state index in [4.69, 9.17) is 37.4 Å². The first-order chi connectivity index (χ1) is 17.9. The third-order valence-corrected chi connectivity index (χ3v) is 5.68. The van der Waals surface area contributed by atoms with E-state index >= 15 is 0 Å². The molecular weight excluding hydrogens is 515 g/mol. The van der Waals surface area contributed by atoms with E-state index in [1.54, 1.807) is 31.2 Å². The van der Waals surface area contributed by atoms with Crippen molar-refractivity contribution in [1.82, 2.24) is 5.43 Å². The third kappa shape index (κ3) is 6.78. The molecule has 0 aliphatic heterocycles. The fourth-order valence-electron chi connectivity index (χ4n) is 3.44. The molecule has 0 heterocycles. The van der Waals surface area contributed by atoms with Crippen molar-refractivity contribution in [2.45, 2.75) is 6.92 Å². The second-order valence-electron chi connectivity index (χ2n) is 7.71. The fraction of sp³-hybridized carbons (Fsp3) is 0.107. The van der Waals surface area contributed by atoms with Gasteiger partial charge in [-0.15, -0.1) is 0 Å². The van der Waals surface area contributed by atoms with Gasteiger partial charge in [-0.05, 0) is 60.3 Å². The Hall–Kier alpha value is -4.07. The molecule has 37 heavy (non-hydrogen) atoms. The van der Waals surface area contributed by atoms with E-state index in [-0.39, 0.29) is 22.9 Å². The maximum absolute atomic E-state index is 12.6. The molecule has 4 aromatic rings. The molecule has 0 saturated heterocycles. The minimum Gasteiger partial charge on any atom is -0.490 e. The number of rotatable bonds is 9. The van der Waals surface area contributed by atoms with Crippen LogP contribution in [0.3, 0.4) is 0 Å². The van der Waals surface area contributed by atoms with E-state index in [1.807, 2.05) is 42.5 Å². The summed E-state index contributed by atoms with van der Waals surface area (Å²) < 4.78 is 16.8. The molecule has 0 fully saturated rings. The summed E-state index contributed by atoms with van der Waals surface area (Å²) in [7, 11) is 0. The molecule has 0 spiro atoms. The molecule has 1 amide bonds. The Balaban J connectivity index is 1.37. The zero-order chi connectivity index (χ0) is 26.2. The van der Waals surface area contributed by atoms with E-state index in [2.05, 4.69) is 10.5 Å². The standard InChI is InChI=1S/C28H22Cl2N2O5/c1-2-35-26-14-18(10-13-25(26)37-28(34)22-12-11-20(29)15-23(22)30)16-31-32-27(33)17-36-24-9-5-7-19-6-3-4-8-21(19)24/h3-16H,2,17H2,1H3,(H,32,33). The smallest absolute Gasteiger partial charge is 0.345 e. The van der Waals surface area contributed by atoms with Crippen LogP contribution in [-0.2, 0) is 4.79 Å². The average molecular weight is 537 g/mol. The van der Waals surface area contributed by atoms with Crippen LogP contribution in [0, 0.1) is 0 Å². The Morgan fingerprint density at radius 2 is 1.70 bits per heavy atom. The quantitative estimate of drug-likeness (QED) is 0.117. The van der Waals surface area contributed by atoms with Gasteiger partial charge in [0.2, 0.25) is 0 Å². The van der Waals surface area contributed by atoms with Gasteiger partial charge in [-0.3, -0.25) is 4.79 Å². The van der Waals surface area contributed by atoms with Crippen molar-refractivity contribution in [2.75, 3.05) is 13.2 Å². The minimum atomic E-state index is -0.650. The number of ether oxygens (including phenoxy) is 3. The molecule has 4 aromatic carbocycles. The van der Waals surface area contributed by atoms with E-state index < -0.39 is 11.9 Å². The first kappa shape index (κ1) is 26.0. The number of esters is 1. The van der Waals surface area contributed by atoms with Gasteiger partial charge in [-0.1, -0.05) is 59.6 Å². The van der Waals surface area contributed by atoms with Crippen LogP contribution in [-0.4, -0.2) is 31.3 Å². The summed E-state index contributed by atoms with van der Waals surface area (Å²) in [5.74, 6) is 0.0868. The molecule has 0 atom stereocenters. The fourth-order valence-corrected chi connectivity index (χ4v) is 3.93. The lowest BCUT2D eigenvalue weighted by Crippen LogP contribution is -2.24. The number of nitrogens with one attached hydrogen (secondary N) is 1. The van der Waals surface area contributed by atoms with Gasteiger partial charge < -0.3 is 14.2 Å². The highest BCUT2D eigenvalue weighted by Gasteiger charge is 2.16. The zero-order valence-electron chi connectivity index (χ0n) is 19.7. The lowest BCUT2D eigenvalue weighted by molar-refractivity contribution is -0.123. The molecule has 4 rings (SSSR count). The van der Waals surface area contributed by atoms with Gasteiger partial charge >= 0.3 is 5.97 Å². The number of carbonyl (C=O) groups excluding carboxylic acids is 2. The number of fused-ring (bicyclic) bond motifs is 1. The van der Waals surface area contributed by atoms with Crippen LogP contribution in [0.1, 0.15) is 22.8 Å². The number of amides is 1. The molecule has 1 N–H and O–H groups in total. The second-order valence-corrected chi connectivity index (χ2v) is 8.56. The Kier molecular flexibility index (Phi) is 8.61. The lowest BCUT2D eigenvalue weighted by Gasteiger charge is -2.12. The van der Waals surface area contributed by atoms with E-state index in [9.17, 15) is 9.59 Å². The summed E-state index contributed by atoms with van der Waals surface area (Å²) in [4.78, 5) is 24.8. The molecule has 9 heteroatoms. The van der Waals surface area contributed by atoms with Crippen molar-refractivity contribution in [3.63, 3.8) is 0 Å². The predicted molar refractivity (Wildman–Crippen MR) is 144 cm³/mol. The van der Waals surface area contributed by atoms with Crippen molar-refractivity contribution in [3.8, 4) is 17.2 Å². The molecule has 188 valence electrons. The number of halogens is 2. The SMILES string of the molecule is CCOc1cc(C=NNC(=O)COc2cccc3ccccc23)ccc1OC(=O)c1ccc(Cl)cc1Cl. The van der Waals surface area contributed by atoms with Crippen LogP contribution in [0.4, 0.5) is 0 Å². The van der Waals surface area contributed by atoms with Gasteiger partial charge in [0, 0.05) is 10.4 Å². The summed E-state index contributed by atoms with van der Waals surface area (Å²) in [5.41, 5.74) is 3.22. The first-order valence-corrected chi connectivity index (χ1v) is 12.1. The molecule has 0 bridgehead atoms. The second kappa shape index (κ2) is 12.3.